The highest BCUT2D eigenvalue weighted by atomic mass is 32.2. The van der Waals surface area contributed by atoms with Crippen LogP contribution in [0.15, 0.2) is 0 Å². The minimum Gasteiger partial charge on any atom is -0.481 e. The summed E-state index contributed by atoms with van der Waals surface area (Å²) in [6, 6.07) is -0.686. The molecule has 0 aromatic rings. The van der Waals surface area contributed by atoms with Crippen LogP contribution in [-0.4, -0.2) is 41.9 Å². The van der Waals surface area contributed by atoms with Crippen LogP contribution in [0.2, 0.25) is 0 Å². The van der Waals surface area contributed by atoms with Gasteiger partial charge >= 0.3 is 5.97 Å². The summed E-state index contributed by atoms with van der Waals surface area (Å²) in [6.07, 6.45) is 1.87. The van der Waals surface area contributed by atoms with Gasteiger partial charge < -0.3 is 5.11 Å². The van der Waals surface area contributed by atoms with Gasteiger partial charge in [-0.2, -0.15) is 17.4 Å². The third-order valence-corrected chi connectivity index (χ3v) is 5.35. The Morgan fingerprint density at radius 3 is 2.53 bits per heavy atom. The fraction of sp³-hybridized carbons (Fsp3) is 0.900. The van der Waals surface area contributed by atoms with Crippen LogP contribution >= 0.6 is 0 Å². The first-order valence-corrected chi connectivity index (χ1v) is 7.30. The van der Waals surface area contributed by atoms with E-state index < -0.39 is 22.1 Å². The number of nitrogens with zero attached hydrogens (tertiary/aromatic N) is 1. The summed E-state index contributed by atoms with van der Waals surface area (Å²) in [4.78, 5) is 11.0. The molecule has 2 bridgehead atoms. The number of fused-ring (bicyclic) bond motifs is 2. The second-order valence-electron chi connectivity index (χ2n) is 5.09. The van der Waals surface area contributed by atoms with Crippen molar-refractivity contribution in [3.05, 3.63) is 0 Å². The smallest absolute Gasteiger partial charge is 0.308 e. The molecular formula is C10H18N2O4S. The summed E-state index contributed by atoms with van der Waals surface area (Å²) in [5.41, 5.74) is 0. The largest absolute Gasteiger partial charge is 0.481 e. The predicted molar refractivity (Wildman–Crippen MR) is 61.6 cm³/mol. The van der Waals surface area contributed by atoms with Crippen LogP contribution in [0.25, 0.3) is 0 Å². The molecular weight excluding hydrogens is 244 g/mol. The van der Waals surface area contributed by atoms with Gasteiger partial charge in [-0.1, -0.05) is 0 Å². The SMILES string of the molecule is CC(C)NS(=O)(=O)N1C2CCC1C(C(=O)O)C2. The number of aliphatic carboxylic acids is 1. The lowest BCUT2D eigenvalue weighted by Gasteiger charge is -2.23. The fourth-order valence-corrected chi connectivity index (χ4v) is 4.85. The van der Waals surface area contributed by atoms with Crippen molar-refractivity contribution in [2.45, 2.75) is 51.2 Å². The molecule has 0 aromatic carbocycles. The molecule has 17 heavy (non-hydrogen) atoms. The number of carboxylic acids is 1. The number of carboxylic acid groups (broad SMARTS) is 1. The molecule has 3 unspecified atom stereocenters. The minimum atomic E-state index is -3.54. The van der Waals surface area contributed by atoms with Crippen LogP contribution in [0.4, 0.5) is 0 Å². The highest BCUT2D eigenvalue weighted by molar-refractivity contribution is 7.87. The molecule has 2 rings (SSSR count). The summed E-state index contributed by atoms with van der Waals surface area (Å²) >= 11 is 0. The van der Waals surface area contributed by atoms with Crippen molar-refractivity contribution in [2.24, 2.45) is 5.92 Å². The maximum absolute atomic E-state index is 12.1. The molecule has 2 N–H and O–H groups in total. The fourth-order valence-electron chi connectivity index (χ4n) is 2.94. The third kappa shape index (κ3) is 2.19. The predicted octanol–water partition coefficient (Wildman–Crippen LogP) is 0.167. The number of rotatable bonds is 4. The number of carbonyl (C=O) groups is 1. The minimum absolute atomic E-state index is 0.141. The highest BCUT2D eigenvalue weighted by Crippen LogP contribution is 2.43. The van der Waals surface area contributed by atoms with Crippen molar-refractivity contribution < 1.29 is 18.3 Å². The van der Waals surface area contributed by atoms with Crippen LogP contribution < -0.4 is 4.72 Å². The van der Waals surface area contributed by atoms with E-state index in [0.29, 0.717) is 12.8 Å². The maximum Gasteiger partial charge on any atom is 0.308 e. The van der Waals surface area contributed by atoms with Crippen LogP contribution in [0.5, 0.6) is 0 Å². The Morgan fingerprint density at radius 1 is 1.41 bits per heavy atom. The Bertz CT molecular complexity index is 420. The molecule has 0 radical (unpaired) electrons. The summed E-state index contributed by atoms with van der Waals surface area (Å²) < 4.78 is 28.1. The van der Waals surface area contributed by atoms with Crippen molar-refractivity contribution >= 4 is 16.2 Å². The Labute approximate surface area is 101 Å². The first kappa shape index (κ1) is 12.8. The van der Waals surface area contributed by atoms with Crippen LogP contribution in [0, 0.1) is 5.92 Å². The van der Waals surface area contributed by atoms with Gasteiger partial charge in [-0.25, -0.2) is 0 Å². The zero-order valence-corrected chi connectivity index (χ0v) is 10.8. The Morgan fingerprint density at radius 2 is 2.06 bits per heavy atom. The summed E-state index contributed by atoms with van der Waals surface area (Å²) in [5, 5.41) is 9.06. The third-order valence-electron chi connectivity index (χ3n) is 3.45. The molecule has 0 saturated carbocycles. The molecule has 2 heterocycles. The van der Waals surface area contributed by atoms with Gasteiger partial charge in [0.1, 0.15) is 0 Å². The van der Waals surface area contributed by atoms with E-state index in [1.807, 2.05) is 0 Å². The van der Waals surface area contributed by atoms with Crippen molar-refractivity contribution in [2.75, 3.05) is 0 Å². The monoisotopic (exact) mass is 262 g/mol. The van der Waals surface area contributed by atoms with Gasteiger partial charge in [-0.3, -0.25) is 4.79 Å². The van der Waals surface area contributed by atoms with Gasteiger partial charge in [0.05, 0.1) is 5.92 Å². The van der Waals surface area contributed by atoms with Crippen LogP contribution in [-0.2, 0) is 15.0 Å². The van der Waals surface area contributed by atoms with E-state index in [0.717, 1.165) is 6.42 Å². The molecule has 0 aliphatic carbocycles. The van der Waals surface area contributed by atoms with Crippen molar-refractivity contribution in [3.8, 4) is 0 Å². The molecule has 0 amide bonds. The lowest BCUT2D eigenvalue weighted by molar-refractivity contribution is -0.142. The van der Waals surface area contributed by atoms with Gasteiger partial charge in [0, 0.05) is 18.1 Å². The van der Waals surface area contributed by atoms with Crippen molar-refractivity contribution in [3.63, 3.8) is 0 Å². The number of nitrogens with one attached hydrogen (secondary N) is 1. The summed E-state index contributed by atoms with van der Waals surface area (Å²) in [6.45, 7) is 3.51. The molecule has 2 fully saturated rings. The molecule has 98 valence electrons. The molecule has 0 spiro atoms. The van der Waals surface area contributed by atoms with Gasteiger partial charge in [0.25, 0.3) is 10.2 Å². The van der Waals surface area contributed by atoms with E-state index >= 15 is 0 Å². The van der Waals surface area contributed by atoms with E-state index in [9.17, 15) is 13.2 Å². The Hall–Kier alpha value is -0.660. The molecule has 2 aliphatic heterocycles. The topological polar surface area (TPSA) is 86.7 Å². The number of hydrogen-bond donors (Lipinski definition) is 2. The molecule has 3 atom stereocenters. The van der Waals surface area contributed by atoms with E-state index in [4.69, 9.17) is 5.11 Å². The zero-order chi connectivity index (χ0) is 12.8. The van der Waals surface area contributed by atoms with Crippen LogP contribution in [0.1, 0.15) is 33.1 Å². The summed E-state index contributed by atoms with van der Waals surface area (Å²) in [7, 11) is -3.54. The normalized spacial score (nSPS) is 33.5. The quantitative estimate of drug-likeness (QED) is 0.756. The second kappa shape index (κ2) is 4.22. The average Bonchev–Trinajstić information content (AvgIpc) is 2.71. The standard InChI is InChI=1S/C10H18N2O4S/c1-6(2)11-17(15,16)12-7-3-4-9(12)8(5-7)10(13)14/h6-9,11H,3-5H2,1-2H3,(H,13,14). The van der Waals surface area contributed by atoms with Gasteiger partial charge in [0.15, 0.2) is 0 Å². The van der Waals surface area contributed by atoms with Crippen molar-refractivity contribution in [1.82, 2.24) is 9.03 Å². The number of hydrogen-bond acceptors (Lipinski definition) is 3. The Balaban J connectivity index is 2.21. The zero-order valence-electron chi connectivity index (χ0n) is 9.96. The molecule has 0 aromatic heterocycles. The van der Waals surface area contributed by atoms with Gasteiger partial charge in [-0.05, 0) is 33.1 Å². The van der Waals surface area contributed by atoms with E-state index in [-0.39, 0.29) is 18.1 Å². The van der Waals surface area contributed by atoms with E-state index in [2.05, 4.69) is 4.72 Å². The second-order valence-corrected chi connectivity index (χ2v) is 6.69. The van der Waals surface area contributed by atoms with E-state index in [1.54, 1.807) is 13.8 Å². The van der Waals surface area contributed by atoms with E-state index in [1.165, 1.54) is 4.31 Å². The van der Waals surface area contributed by atoms with Crippen LogP contribution in [0.3, 0.4) is 0 Å². The maximum atomic E-state index is 12.1. The molecule has 6 nitrogen and oxygen atoms in total. The first-order valence-electron chi connectivity index (χ1n) is 5.86. The summed E-state index contributed by atoms with van der Waals surface area (Å²) in [5.74, 6) is -1.43. The molecule has 2 saturated heterocycles. The van der Waals surface area contributed by atoms with Gasteiger partial charge in [-0.15, -0.1) is 0 Å². The molecule has 7 heteroatoms. The van der Waals surface area contributed by atoms with Gasteiger partial charge in [0.2, 0.25) is 0 Å². The lowest BCUT2D eigenvalue weighted by Crippen LogP contribution is -2.46. The average molecular weight is 262 g/mol. The van der Waals surface area contributed by atoms with Crippen molar-refractivity contribution in [1.29, 1.82) is 0 Å². The Kier molecular flexibility index (Phi) is 3.17. The lowest BCUT2D eigenvalue weighted by atomic mass is 9.89. The molecule has 2 aliphatic rings. The first-order chi connectivity index (χ1) is 7.83. The highest BCUT2D eigenvalue weighted by Gasteiger charge is 2.54.